The number of carbonyl (C=O) groups excluding carboxylic acids is 2. The fourth-order valence-electron chi connectivity index (χ4n) is 2.43. The number of nitrogens with two attached hydrogens (primary N) is 1. The van der Waals surface area contributed by atoms with E-state index in [0.717, 1.165) is 12.8 Å². The standard InChI is InChI=1S/C14H19N3O4S/c1-10-3-2-8-17(9-10)14(19)13(18)16-11-4-6-12(7-5-11)22(15,20)21/h4-7,10H,2-3,8-9H2,1H3,(H,16,18)(H2,15,20,21). The number of nitrogens with one attached hydrogen (secondary N) is 1. The Bertz CT molecular complexity index is 670. The van der Waals surface area contributed by atoms with E-state index in [1.54, 1.807) is 4.90 Å². The van der Waals surface area contributed by atoms with Crippen LogP contribution in [0, 0.1) is 5.92 Å². The lowest BCUT2D eigenvalue weighted by molar-refractivity contribution is -0.144. The van der Waals surface area contributed by atoms with Gasteiger partial charge in [0.15, 0.2) is 0 Å². The molecule has 1 fully saturated rings. The summed E-state index contributed by atoms with van der Waals surface area (Å²) in [6, 6.07) is 5.34. The number of sulfonamides is 1. The van der Waals surface area contributed by atoms with E-state index < -0.39 is 21.8 Å². The molecule has 1 aliphatic rings. The molecule has 1 atom stereocenters. The van der Waals surface area contributed by atoms with Crippen LogP contribution in [-0.2, 0) is 19.6 Å². The molecular formula is C14H19N3O4S. The Labute approximate surface area is 129 Å². The molecule has 22 heavy (non-hydrogen) atoms. The molecule has 7 nitrogen and oxygen atoms in total. The molecule has 2 amide bonds. The first-order chi connectivity index (χ1) is 10.3. The molecule has 0 aromatic heterocycles. The summed E-state index contributed by atoms with van der Waals surface area (Å²) < 4.78 is 22.3. The number of piperidine rings is 1. The lowest BCUT2D eigenvalue weighted by atomic mass is 10.0. The van der Waals surface area contributed by atoms with Crippen molar-refractivity contribution >= 4 is 27.5 Å². The molecule has 0 radical (unpaired) electrons. The first-order valence-electron chi connectivity index (χ1n) is 7.00. The van der Waals surface area contributed by atoms with Crippen molar-refractivity contribution < 1.29 is 18.0 Å². The third-order valence-corrected chi connectivity index (χ3v) is 4.51. The lowest BCUT2D eigenvalue weighted by Gasteiger charge is -2.30. The highest BCUT2D eigenvalue weighted by molar-refractivity contribution is 7.89. The maximum Gasteiger partial charge on any atom is 0.313 e. The molecule has 3 N–H and O–H groups in total. The van der Waals surface area contributed by atoms with Gasteiger partial charge in [0, 0.05) is 18.8 Å². The van der Waals surface area contributed by atoms with Crippen LogP contribution in [0.2, 0.25) is 0 Å². The minimum atomic E-state index is -3.78. The summed E-state index contributed by atoms with van der Waals surface area (Å²) in [5.74, 6) is -0.904. The average Bonchev–Trinajstić information content (AvgIpc) is 2.46. The Morgan fingerprint density at radius 1 is 1.27 bits per heavy atom. The number of hydrogen-bond donors (Lipinski definition) is 2. The van der Waals surface area contributed by atoms with Crippen molar-refractivity contribution in [3.05, 3.63) is 24.3 Å². The number of nitrogens with zero attached hydrogens (tertiary/aromatic N) is 1. The van der Waals surface area contributed by atoms with Crippen LogP contribution in [0.3, 0.4) is 0 Å². The van der Waals surface area contributed by atoms with E-state index in [0.29, 0.717) is 24.7 Å². The van der Waals surface area contributed by atoms with E-state index in [1.165, 1.54) is 24.3 Å². The van der Waals surface area contributed by atoms with Crippen molar-refractivity contribution in [2.24, 2.45) is 11.1 Å². The van der Waals surface area contributed by atoms with Crippen molar-refractivity contribution in [1.29, 1.82) is 0 Å². The van der Waals surface area contributed by atoms with Gasteiger partial charge in [-0.2, -0.15) is 0 Å². The first kappa shape index (κ1) is 16.4. The maximum absolute atomic E-state index is 12.1. The van der Waals surface area contributed by atoms with Crippen LogP contribution in [0.4, 0.5) is 5.69 Å². The molecule has 0 bridgehead atoms. The summed E-state index contributed by atoms with van der Waals surface area (Å²) in [7, 11) is -3.78. The number of hydrogen-bond acceptors (Lipinski definition) is 4. The van der Waals surface area contributed by atoms with Gasteiger partial charge in [-0.05, 0) is 43.0 Å². The number of amides is 2. The average molecular weight is 325 g/mol. The van der Waals surface area contributed by atoms with Crippen molar-refractivity contribution in [3.8, 4) is 0 Å². The van der Waals surface area contributed by atoms with Crippen molar-refractivity contribution in [1.82, 2.24) is 4.90 Å². The molecule has 1 unspecified atom stereocenters. The summed E-state index contributed by atoms with van der Waals surface area (Å²) in [5.41, 5.74) is 0.343. The zero-order chi connectivity index (χ0) is 16.3. The zero-order valence-electron chi connectivity index (χ0n) is 12.3. The number of anilines is 1. The second-order valence-corrected chi connectivity index (χ2v) is 7.08. The fourth-order valence-corrected chi connectivity index (χ4v) is 2.95. The summed E-state index contributed by atoms with van der Waals surface area (Å²) in [5, 5.41) is 7.46. The summed E-state index contributed by atoms with van der Waals surface area (Å²) in [4.78, 5) is 25.5. The van der Waals surface area contributed by atoms with Crippen LogP contribution in [0.1, 0.15) is 19.8 Å². The molecule has 0 aliphatic carbocycles. The summed E-state index contributed by atoms with van der Waals surface area (Å²) in [6.07, 6.45) is 1.95. The van der Waals surface area contributed by atoms with Gasteiger partial charge in [-0.3, -0.25) is 9.59 Å². The van der Waals surface area contributed by atoms with Crippen molar-refractivity contribution in [2.75, 3.05) is 18.4 Å². The van der Waals surface area contributed by atoms with Gasteiger partial charge < -0.3 is 10.2 Å². The van der Waals surface area contributed by atoms with Crippen molar-refractivity contribution in [2.45, 2.75) is 24.7 Å². The van der Waals surface area contributed by atoms with E-state index in [2.05, 4.69) is 5.32 Å². The Hall–Kier alpha value is -1.93. The molecule has 1 aromatic carbocycles. The van der Waals surface area contributed by atoms with Gasteiger partial charge in [0.1, 0.15) is 0 Å². The second kappa shape index (κ2) is 6.45. The predicted molar refractivity (Wildman–Crippen MR) is 81.4 cm³/mol. The monoisotopic (exact) mass is 325 g/mol. The number of rotatable bonds is 2. The molecule has 8 heteroatoms. The highest BCUT2D eigenvalue weighted by Crippen LogP contribution is 2.16. The minimum absolute atomic E-state index is 0.0540. The third-order valence-electron chi connectivity index (χ3n) is 3.58. The lowest BCUT2D eigenvalue weighted by Crippen LogP contribution is -2.44. The SMILES string of the molecule is CC1CCCN(C(=O)C(=O)Nc2ccc(S(N)(=O)=O)cc2)C1. The molecule has 1 aliphatic heterocycles. The Balaban J connectivity index is 2.01. The topological polar surface area (TPSA) is 110 Å². The summed E-state index contributed by atoms with van der Waals surface area (Å²) >= 11 is 0. The molecule has 1 saturated heterocycles. The van der Waals surface area contributed by atoms with Gasteiger partial charge in [-0.25, -0.2) is 13.6 Å². The van der Waals surface area contributed by atoms with Crippen LogP contribution in [0.25, 0.3) is 0 Å². The van der Waals surface area contributed by atoms with E-state index in [9.17, 15) is 18.0 Å². The third kappa shape index (κ3) is 4.05. The van der Waals surface area contributed by atoms with Gasteiger partial charge in [0.05, 0.1) is 4.90 Å². The highest BCUT2D eigenvalue weighted by Gasteiger charge is 2.26. The Kier molecular flexibility index (Phi) is 4.82. The van der Waals surface area contributed by atoms with Crippen LogP contribution in [0.5, 0.6) is 0 Å². The normalized spacial score (nSPS) is 18.8. The summed E-state index contributed by atoms with van der Waals surface area (Å²) in [6.45, 7) is 3.21. The van der Waals surface area contributed by atoms with Gasteiger partial charge in [0.2, 0.25) is 10.0 Å². The molecule has 120 valence electrons. The van der Waals surface area contributed by atoms with Gasteiger partial charge in [-0.1, -0.05) is 6.92 Å². The van der Waals surface area contributed by atoms with E-state index in [4.69, 9.17) is 5.14 Å². The fraction of sp³-hybridized carbons (Fsp3) is 0.429. The van der Waals surface area contributed by atoms with Gasteiger partial charge in [-0.15, -0.1) is 0 Å². The number of primary sulfonamides is 1. The second-order valence-electron chi connectivity index (χ2n) is 5.52. The smallest absolute Gasteiger partial charge is 0.313 e. The van der Waals surface area contributed by atoms with E-state index >= 15 is 0 Å². The minimum Gasteiger partial charge on any atom is -0.334 e. The molecule has 0 saturated carbocycles. The zero-order valence-corrected chi connectivity index (χ0v) is 13.1. The van der Waals surface area contributed by atoms with Crippen LogP contribution >= 0.6 is 0 Å². The first-order valence-corrected chi connectivity index (χ1v) is 8.55. The van der Waals surface area contributed by atoms with Gasteiger partial charge >= 0.3 is 11.8 Å². The number of benzene rings is 1. The van der Waals surface area contributed by atoms with Gasteiger partial charge in [0.25, 0.3) is 0 Å². The molecule has 2 rings (SSSR count). The Morgan fingerprint density at radius 3 is 2.45 bits per heavy atom. The van der Waals surface area contributed by atoms with E-state index in [-0.39, 0.29) is 4.90 Å². The quantitative estimate of drug-likeness (QED) is 0.773. The molecular weight excluding hydrogens is 306 g/mol. The number of likely N-dealkylation sites (tertiary alicyclic amines) is 1. The molecule has 1 heterocycles. The van der Waals surface area contributed by atoms with Crippen LogP contribution in [-0.4, -0.2) is 38.2 Å². The highest BCUT2D eigenvalue weighted by atomic mass is 32.2. The Morgan fingerprint density at radius 2 is 1.91 bits per heavy atom. The van der Waals surface area contributed by atoms with Crippen LogP contribution < -0.4 is 10.5 Å². The number of carbonyl (C=O) groups is 2. The largest absolute Gasteiger partial charge is 0.334 e. The predicted octanol–water partition coefficient (Wildman–Crippen LogP) is 0.531. The molecule has 1 aromatic rings. The van der Waals surface area contributed by atoms with E-state index in [1.807, 2.05) is 6.92 Å². The van der Waals surface area contributed by atoms with Crippen molar-refractivity contribution in [3.63, 3.8) is 0 Å². The van der Waals surface area contributed by atoms with Crippen LogP contribution in [0.15, 0.2) is 29.2 Å². The maximum atomic E-state index is 12.1. The molecule has 0 spiro atoms.